The van der Waals surface area contributed by atoms with Gasteiger partial charge in [0.25, 0.3) is 0 Å². The normalized spacial score (nSPS) is 4.17. The van der Waals surface area contributed by atoms with Gasteiger partial charge in [-0.1, -0.05) is 13.3 Å². The first-order chi connectivity index (χ1) is 1.91. The summed E-state index contributed by atoms with van der Waals surface area (Å²) in [5.74, 6) is 0. The van der Waals surface area contributed by atoms with Crippen LogP contribution in [0.1, 0.15) is 13.3 Å². The molecule has 0 aliphatic rings. The molecular formula is C4H9NW. The van der Waals surface area contributed by atoms with Crippen molar-refractivity contribution in [1.29, 1.82) is 0 Å². The van der Waals surface area contributed by atoms with Gasteiger partial charge in [-0.2, -0.15) is 0 Å². The summed E-state index contributed by atoms with van der Waals surface area (Å²) in [6.45, 7) is 1.88. The first-order valence-corrected chi connectivity index (χ1v) is 1.37. The average molecular weight is 255 g/mol. The Morgan fingerprint density at radius 1 is 1.67 bits per heavy atom. The molecule has 1 nitrogen and oxygen atoms in total. The van der Waals surface area contributed by atoms with Crippen LogP contribution >= 0.6 is 0 Å². The molecule has 0 saturated carbocycles. The standard InChI is InChI=1S/C3H6N.CH3.W/c1-2-3-4;;/h3H,2H2,1H3;1H3;/q2*-1;+2. The van der Waals surface area contributed by atoms with Crippen molar-refractivity contribution >= 4 is 6.21 Å². The monoisotopic (exact) mass is 255 g/mol. The first-order valence-electron chi connectivity index (χ1n) is 1.37. The van der Waals surface area contributed by atoms with E-state index in [1.54, 1.807) is 0 Å². The molecule has 0 heterocycles. The van der Waals surface area contributed by atoms with Gasteiger partial charge in [-0.05, 0) is 0 Å². The summed E-state index contributed by atoms with van der Waals surface area (Å²) in [5, 5.41) is 7.75. The van der Waals surface area contributed by atoms with E-state index in [-0.39, 0.29) is 28.5 Å². The van der Waals surface area contributed by atoms with Crippen molar-refractivity contribution in [1.82, 2.24) is 0 Å². The first kappa shape index (κ1) is 16.2. The zero-order valence-electron chi connectivity index (χ0n) is 4.14. The van der Waals surface area contributed by atoms with Gasteiger partial charge in [-0.15, -0.1) is 0 Å². The summed E-state index contributed by atoms with van der Waals surface area (Å²) >= 11 is 0. The van der Waals surface area contributed by atoms with E-state index in [2.05, 4.69) is 0 Å². The zero-order valence-corrected chi connectivity index (χ0v) is 7.07. The van der Waals surface area contributed by atoms with Gasteiger partial charge in [0.15, 0.2) is 0 Å². The van der Waals surface area contributed by atoms with Crippen molar-refractivity contribution in [3.63, 3.8) is 0 Å². The molecule has 0 aromatic rings. The summed E-state index contributed by atoms with van der Waals surface area (Å²) in [6.07, 6.45) is 1.88. The zero-order chi connectivity index (χ0) is 3.41. The van der Waals surface area contributed by atoms with Gasteiger partial charge in [0, 0.05) is 0 Å². The minimum atomic E-state index is 0. The van der Waals surface area contributed by atoms with Crippen molar-refractivity contribution in [2.45, 2.75) is 13.3 Å². The summed E-state index contributed by atoms with van der Waals surface area (Å²) in [5.41, 5.74) is 0. The molecule has 6 heavy (non-hydrogen) atoms. The number of rotatable bonds is 1. The minimum absolute atomic E-state index is 0. The van der Waals surface area contributed by atoms with Crippen molar-refractivity contribution in [2.24, 2.45) is 0 Å². The van der Waals surface area contributed by atoms with Crippen LogP contribution in [0.5, 0.6) is 0 Å². The third kappa shape index (κ3) is 26.6. The number of hydrogen-bond donors (Lipinski definition) is 0. The minimum Gasteiger partial charge on any atom is -0.814 e. The second-order valence-corrected chi connectivity index (χ2v) is 0.591. The van der Waals surface area contributed by atoms with Crippen LogP contribution in [0, 0.1) is 7.43 Å². The molecule has 2 heteroatoms. The largest absolute Gasteiger partial charge is 2.00 e. The third-order valence-corrected chi connectivity index (χ3v) is 0.183. The molecular weight excluding hydrogens is 246 g/mol. The predicted octanol–water partition coefficient (Wildman–Crippen LogP) is 1.48. The molecule has 0 unspecified atom stereocenters. The fourth-order valence-electron chi connectivity index (χ4n) is 0. The summed E-state index contributed by atoms with van der Waals surface area (Å²) in [6, 6.07) is 0. The van der Waals surface area contributed by atoms with Crippen molar-refractivity contribution in [3.05, 3.63) is 12.8 Å². The molecule has 0 atom stereocenters. The molecule has 0 radical (unpaired) electrons. The molecule has 0 aromatic carbocycles. The Balaban J connectivity index is -0.0000000450. The Bertz CT molecular complexity index is 21.5. The smallest absolute Gasteiger partial charge is 0.814 e. The van der Waals surface area contributed by atoms with Gasteiger partial charge >= 0.3 is 21.1 Å². The van der Waals surface area contributed by atoms with Gasteiger partial charge in [0.2, 0.25) is 0 Å². The van der Waals surface area contributed by atoms with E-state index in [4.69, 9.17) is 5.41 Å². The van der Waals surface area contributed by atoms with E-state index in [0.29, 0.717) is 0 Å². The molecule has 0 aliphatic carbocycles. The van der Waals surface area contributed by atoms with Crippen LogP contribution in [0.25, 0.3) is 5.41 Å². The van der Waals surface area contributed by atoms with Crippen LogP contribution in [0.15, 0.2) is 0 Å². The van der Waals surface area contributed by atoms with E-state index < -0.39 is 0 Å². The summed E-state index contributed by atoms with van der Waals surface area (Å²) in [7, 11) is 0. The van der Waals surface area contributed by atoms with Crippen molar-refractivity contribution in [2.75, 3.05) is 0 Å². The molecule has 0 fully saturated rings. The molecule has 0 aromatic heterocycles. The van der Waals surface area contributed by atoms with Crippen LogP contribution in [0.2, 0.25) is 0 Å². The van der Waals surface area contributed by atoms with Crippen LogP contribution in [-0.4, -0.2) is 6.21 Å². The Labute approximate surface area is 53.9 Å². The second kappa shape index (κ2) is 18.3. The van der Waals surface area contributed by atoms with Gasteiger partial charge in [0.1, 0.15) is 0 Å². The summed E-state index contributed by atoms with van der Waals surface area (Å²) in [4.78, 5) is 0. The fraction of sp³-hybridized carbons (Fsp3) is 0.500. The number of nitrogens with zero attached hydrogens (tertiary/aromatic N) is 1. The molecule has 36 valence electrons. The topological polar surface area (TPSA) is 22.3 Å². The van der Waals surface area contributed by atoms with E-state index in [1.807, 2.05) is 6.92 Å². The van der Waals surface area contributed by atoms with Crippen LogP contribution in [-0.2, 0) is 21.1 Å². The molecule has 0 N–H and O–H groups in total. The molecule has 0 amide bonds. The van der Waals surface area contributed by atoms with E-state index >= 15 is 0 Å². The Morgan fingerprint density at radius 3 is 1.83 bits per heavy atom. The third-order valence-electron chi connectivity index (χ3n) is 0.183. The van der Waals surface area contributed by atoms with E-state index in [0.717, 1.165) is 12.6 Å². The van der Waals surface area contributed by atoms with Crippen LogP contribution < -0.4 is 0 Å². The predicted molar refractivity (Wildman–Crippen MR) is 26.1 cm³/mol. The maximum Gasteiger partial charge on any atom is 2.00 e. The van der Waals surface area contributed by atoms with E-state index in [1.165, 1.54) is 0 Å². The van der Waals surface area contributed by atoms with Crippen molar-refractivity contribution in [3.8, 4) is 0 Å². The maximum atomic E-state index is 7.75. The average Bonchev–Trinajstić information content (AvgIpc) is 1.37. The Morgan fingerprint density at radius 2 is 1.83 bits per heavy atom. The summed E-state index contributed by atoms with van der Waals surface area (Å²) < 4.78 is 0. The van der Waals surface area contributed by atoms with Gasteiger partial charge < -0.3 is 12.8 Å². The molecule has 0 rings (SSSR count). The molecule has 0 bridgehead atoms. The molecule has 0 aliphatic heterocycles. The maximum absolute atomic E-state index is 7.75. The van der Waals surface area contributed by atoms with Gasteiger partial charge in [0.05, 0.1) is 0 Å². The van der Waals surface area contributed by atoms with Crippen LogP contribution in [0.4, 0.5) is 0 Å². The van der Waals surface area contributed by atoms with Crippen molar-refractivity contribution < 1.29 is 21.1 Å². The van der Waals surface area contributed by atoms with Crippen LogP contribution in [0.3, 0.4) is 0 Å². The van der Waals surface area contributed by atoms with E-state index in [9.17, 15) is 0 Å². The second-order valence-electron chi connectivity index (χ2n) is 0.591. The molecule has 0 saturated heterocycles. The van der Waals surface area contributed by atoms with Gasteiger partial charge in [-0.25, -0.2) is 6.21 Å². The number of hydrogen-bond acceptors (Lipinski definition) is 0. The SMILES string of the molecule is CCC=[N-].[CH3-].[W+2]. The quantitative estimate of drug-likeness (QED) is 0.500. The molecule has 0 spiro atoms. The Hall–Kier alpha value is 0.358. The Kier molecular flexibility index (Phi) is 49.4. The van der Waals surface area contributed by atoms with Gasteiger partial charge in [-0.3, -0.25) is 0 Å². The fourth-order valence-corrected chi connectivity index (χ4v) is 0.